The predicted molar refractivity (Wildman–Crippen MR) is 88.1 cm³/mol. The highest BCUT2D eigenvalue weighted by Crippen LogP contribution is 2.32. The van der Waals surface area contributed by atoms with Crippen molar-refractivity contribution in [3.05, 3.63) is 62.9 Å². The standard InChI is InChI=1S/C16H12INO2/c1-18-12-5-2-10(3-6-12)8-15-16(19)13-9-11(17)4-7-14(13)20-15/h2-9,18H,1H3/b15-8-. The number of carbonyl (C=O) groups is 1. The van der Waals surface area contributed by atoms with Gasteiger partial charge in [-0.25, -0.2) is 0 Å². The molecule has 3 nitrogen and oxygen atoms in total. The van der Waals surface area contributed by atoms with Gasteiger partial charge in [0.2, 0.25) is 5.78 Å². The second-order valence-corrected chi connectivity index (χ2v) is 5.70. The van der Waals surface area contributed by atoms with Crippen molar-refractivity contribution in [1.29, 1.82) is 0 Å². The van der Waals surface area contributed by atoms with Crippen molar-refractivity contribution >= 4 is 40.1 Å². The molecule has 1 N–H and O–H groups in total. The summed E-state index contributed by atoms with van der Waals surface area (Å²) in [5.74, 6) is 0.948. The molecule has 1 aliphatic heterocycles. The van der Waals surface area contributed by atoms with Crippen molar-refractivity contribution in [2.75, 3.05) is 12.4 Å². The third kappa shape index (κ3) is 2.43. The lowest BCUT2D eigenvalue weighted by atomic mass is 10.1. The minimum absolute atomic E-state index is 0.0591. The summed E-state index contributed by atoms with van der Waals surface area (Å²) < 4.78 is 6.65. The molecule has 0 radical (unpaired) electrons. The third-order valence-corrected chi connectivity index (χ3v) is 3.80. The van der Waals surface area contributed by atoms with Crippen LogP contribution in [0.4, 0.5) is 5.69 Å². The van der Waals surface area contributed by atoms with Crippen LogP contribution in [0.5, 0.6) is 5.75 Å². The lowest BCUT2D eigenvalue weighted by Crippen LogP contribution is -1.98. The van der Waals surface area contributed by atoms with Gasteiger partial charge in [-0.2, -0.15) is 0 Å². The fraction of sp³-hybridized carbons (Fsp3) is 0.0625. The summed E-state index contributed by atoms with van der Waals surface area (Å²) in [5.41, 5.74) is 2.61. The Balaban J connectivity index is 1.92. The van der Waals surface area contributed by atoms with Crippen LogP contribution in [0.3, 0.4) is 0 Å². The second kappa shape index (κ2) is 5.28. The Labute approximate surface area is 130 Å². The lowest BCUT2D eigenvalue weighted by molar-refractivity contribution is 0.101. The first kappa shape index (κ1) is 13.2. The van der Waals surface area contributed by atoms with E-state index in [0.29, 0.717) is 17.1 Å². The van der Waals surface area contributed by atoms with Crippen LogP contribution >= 0.6 is 22.6 Å². The van der Waals surface area contributed by atoms with Crippen LogP contribution in [-0.2, 0) is 0 Å². The van der Waals surface area contributed by atoms with Gasteiger partial charge in [0.1, 0.15) is 5.75 Å². The molecule has 1 heterocycles. The Kier molecular flexibility index (Phi) is 3.48. The maximum absolute atomic E-state index is 12.3. The number of halogens is 1. The fourth-order valence-corrected chi connectivity index (χ4v) is 2.55. The number of ether oxygens (including phenoxy) is 1. The smallest absolute Gasteiger partial charge is 0.232 e. The van der Waals surface area contributed by atoms with E-state index >= 15 is 0 Å². The van der Waals surface area contributed by atoms with Crippen molar-refractivity contribution < 1.29 is 9.53 Å². The van der Waals surface area contributed by atoms with Gasteiger partial charge in [-0.15, -0.1) is 0 Å². The summed E-state index contributed by atoms with van der Waals surface area (Å²) in [6.45, 7) is 0. The summed E-state index contributed by atoms with van der Waals surface area (Å²) in [6.07, 6.45) is 1.77. The summed E-state index contributed by atoms with van der Waals surface area (Å²) in [6, 6.07) is 13.4. The molecule has 0 fully saturated rings. The van der Waals surface area contributed by atoms with Crippen LogP contribution < -0.4 is 10.1 Å². The van der Waals surface area contributed by atoms with Crippen LogP contribution in [0.2, 0.25) is 0 Å². The molecule has 1 aliphatic rings. The van der Waals surface area contributed by atoms with Crippen molar-refractivity contribution in [3.8, 4) is 5.75 Å². The molecule has 0 aliphatic carbocycles. The van der Waals surface area contributed by atoms with Crippen molar-refractivity contribution in [2.45, 2.75) is 0 Å². The van der Waals surface area contributed by atoms with Gasteiger partial charge in [0.15, 0.2) is 5.76 Å². The first-order chi connectivity index (χ1) is 9.67. The Morgan fingerprint density at radius 2 is 1.90 bits per heavy atom. The number of carbonyl (C=O) groups excluding carboxylic acids is 1. The molecule has 0 unspecified atom stereocenters. The van der Waals surface area contributed by atoms with E-state index in [9.17, 15) is 4.79 Å². The topological polar surface area (TPSA) is 38.3 Å². The van der Waals surface area contributed by atoms with Gasteiger partial charge in [-0.05, 0) is 64.6 Å². The first-order valence-corrected chi connectivity index (χ1v) is 7.27. The molecule has 0 spiro atoms. The van der Waals surface area contributed by atoms with E-state index in [1.54, 1.807) is 6.08 Å². The van der Waals surface area contributed by atoms with E-state index in [1.807, 2.05) is 49.5 Å². The molecule has 0 aromatic heterocycles. The van der Waals surface area contributed by atoms with E-state index in [2.05, 4.69) is 27.9 Å². The average Bonchev–Trinajstić information content (AvgIpc) is 2.76. The fourth-order valence-electron chi connectivity index (χ4n) is 2.06. The number of Topliss-reactive ketones (excluding diaryl/α,β-unsaturated/α-hetero) is 1. The Hall–Kier alpha value is -1.82. The predicted octanol–water partition coefficient (Wildman–Crippen LogP) is 3.95. The number of fused-ring (bicyclic) bond motifs is 1. The van der Waals surface area contributed by atoms with Crippen molar-refractivity contribution in [3.63, 3.8) is 0 Å². The summed E-state index contributed by atoms with van der Waals surface area (Å²) in [4.78, 5) is 12.3. The molecule has 100 valence electrons. The molecule has 0 saturated carbocycles. The second-order valence-electron chi connectivity index (χ2n) is 4.45. The zero-order valence-electron chi connectivity index (χ0n) is 10.8. The van der Waals surface area contributed by atoms with Gasteiger partial charge in [0.05, 0.1) is 5.56 Å². The van der Waals surface area contributed by atoms with Gasteiger partial charge in [-0.1, -0.05) is 12.1 Å². The molecular formula is C16H12INO2. The Bertz CT molecular complexity index is 705. The summed E-state index contributed by atoms with van der Waals surface area (Å²) in [7, 11) is 1.87. The first-order valence-electron chi connectivity index (χ1n) is 6.19. The lowest BCUT2D eigenvalue weighted by Gasteiger charge is -2.01. The third-order valence-electron chi connectivity index (χ3n) is 3.13. The highest BCUT2D eigenvalue weighted by molar-refractivity contribution is 14.1. The van der Waals surface area contributed by atoms with E-state index in [-0.39, 0.29) is 5.78 Å². The van der Waals surface area contributed by atoms with Crippen LogP contribution in [-0.4, -0.2) is 12.8 Å². The van der Waals surface area contributed by atoms with E-state index in [1.165, 1.54) is 0 Å². The number of ketones is 1. The molecule has 3 rings (SSSR count). The molecule has 20 heavy (non-hydrogen) atoms. The van der Waals surface area contributed by atoms with E-state index in [0.717, 1.165) is 14.8 Å². The minimum atomic E-state index is -0.0591. The molecule has 2 aromatic carbocycles. The van der Waals surface area contributed by atoms with E-state index < -0.39 is 0 Å². The summed E-state index contributed by atoms with van der Waals surface area (Å²) >= 11 is 2.19. The Morgan fingerprint density at radius 1 is 1.15 bits per heavy atom. The van der Waals surface area contributed by atoms with Crippen LogP contribution in [0.15, 0.2) is 48.2 Å². The quantitative estimate of drug-likeness (QED) is 0.636. The van der Waals surface area contributed by atoms with Crippen molar-refractivity contribution in [1.82, 2.24) is 0 Å². The maximum atomic E-state index is 12.3. The number of allylic oxidation sites excluding steroid dienone is 1. The van der Waals surface area contributed by atoms with Gasteiger partial charge >= 0.3 is 0 Å². The maximum Gasteiger partial charge on any atom is 0.232 e. The molecule has 0 amide bonds. The zero-order valence-corrected chi connectivity index (χ0v) is 13.0. The normalized spacial score (nSPS) is 15.1. The van der Waals surface area contributed by atoms with Gasteiger partial charge in [0.25, 0.3) is 0 Å². The SMILES string of the molecule is CNc1ccc(/C=C2\Oc3ccc(I)cc3C2=O)cc1. The van der Waals surface area contributed by atoms with Crippen LogP contribution in [0.1, 0.15) is 15.9 Å². The number of nitrogens with one attached hydrogen (secondary N) is 1. The highest BCUT2D eigenvalue weighted by atomic mass is 127. The average molecular weight is 377 g/mol. The van der Waals surface area contributed by atoms with Gasteiger partial charge in [-0.3, -0.25) is 4.79 Å². The molecule has 0 bridgehead atoms. The van der Waals surface area contributed by atoms with Crippen LogP contribution in [0, 0.1) is 3.57 Å². The van der Waals surface area contributed by atoms with Gasteiger partial charge in [0, 0.05) is 16.3 Å². The van der Waals surface area contributed by atoms with Crippen LogP contribution in [0.25, 0.3) is 6.08 Å². The molecule has 0 saturated heterocycles. The molecule has 4 heteroatoms. The largest absolute Gasteiger partial charge is 0.452 e. The number of benzene rings is 2. The number of anilines is 1. The number of rotatable bonds is 2. The van der Waals surface area contributed by atoms with Crippen molar-refractivity contribution in [2.24, 2.45) is 0 Å². The number of hydrogen-bond donors (Lipinski definition) is 1. The summed E-state index contributed by atoms with van der Waals surface area (Å²) in [5, 5.41) is 3.06. The van der Waals surface area contributed by atoms with E-state index in [4.69, 9.17) is 4.74 Å². The molecule has 2 aromatic rings. The monoisotopic (exact) mass is 377 g/mol. The Morgan fingerprint density at radius 3 is 2.60 bits per heavy atom. The highest BCUT2D eigenvalue weighted by Gasteiger charge is 2.27. The molecular weight excluding hydrogens is 365 g/mol. The van der Waals surface area contributed by atoms with Gasteiger partial charge < -0.3 is 10.1 Å². The minimum Gasteiger partial charge on any atom is -0.452 e. The molecule has 0 atom stereocenters. The number of hydrogen-bond acceptors (Lipinski definition) is 3. The zero-order chi connectivity index (χ0) is 14.1.